The molecule has 1 amide bonds. The Morgan fingerprint density at radius 3 is 2.65 bits per heavy atom. The molecule has 2 rings (SSSR count). The molecular weight excluding hydrogens is 312 g/mol. The van der Waals surface area contributed by atoms with Crippen molar-refractivity contribution in [1.82, 2.24) is 4.98 Å². The molecule has 0 radical (unpaired) electrons. The predicted octanol–water partition coefficient (Wildman–Crippen LogP) is 4.77. The summed E-state index contributed by atoms with van der Waals surface area (Å²) in [6.45, 7) is 7.85. The zero-order valence-electron chi connectivity index (χ0n) is 11.7. The first-order valence-electron chi connectivity index (χ1n) is 6.02. The van der Waals surface area contributed by atoms with Crippen molar-refractivity contribution in [1.29, 1.82) is 0 Å². The second kappa shape index (κ2) is 5.93. The van der Waals surface area contributed by atoms with Crippen LogP contribution >= 0.6 is 33.2 Å². The first kappa shape index (κ1) is 15.6. The van der Waals surface area contributed by atoms with E-state index in [1.54, 1.807) is 0 Å². The highest BCUT2D eigenvalue weighted by Gasteiger charge is 2.20. The second-order valence-electron chi connectivity index (χ2n) is 5.42. The molecule has 0 atom stereocenters. The maximum Gasteiger partial charge on any atom is 0.223 e. The van der Waals surface area contributed by atoms with Crippen LogP contribution in [0, 0.1) is 0 Å². The average molecular weight is 328 g/mol. The van der Waals surface area contributed by atoms with Crippen molar-refractivity contribution in [3.63, 3.8) is 0 Å². The quantitative estimate of drug-likeness (QED) is 0.628. The molecule has 2 N–H and O–H groups in total. The van der Waals surface area contributed by atoms with Crippen LogP contribution in [0.4, 0.5) is 5.13 Å². The fraction of sp³-hybridized carbons (Fsp3) is 0.385. The summed E-state index contributed by atoms with van der Waals surface area (Å²) < 4.78 is 10.1. The molecule has 2 aromatic rings. The van der Waals surface area contributed by atoms with Gasteiger partial charge in [-0.25, -0.2) is 4.98 Å². The van der Waals surface area contributed by atoms with Crippen molar-refractivity contribution < 1.29 is 9.35 Å². The van der Waals surface area contributed by atoms with Gasteiger partial charge in [-0.15, -0.1) is 0 Å². The number of aromatic nitrogens is 1. The van der Waals surface area contributed by atoms with E-state index in [2.05, 4.69) is 31.1 Å². The largest absolute Gasteiger partial charge is 0.320 e. The van der Waals surface area contributed by atoms with Crippen molar-refractivity contribution in [2.75, 3.05) is 5.32 Å². The van der Waals surface area contributed by atoms with Gasteiger partial charge in [-0.05, 0) is 33.9 Å². The molecule has 0 unspecified atom stereocenters. The minimum Gasteiger partial charge on any atom is -0.320 e. The van der Waals surface area contributed by atoms with Crippen molar-refractivity contribution in [3.8, 4) is 0 Å². The summed E-state index contributed by atoms with van der Waals surface area (Å²) in [6.07, 6.45) is 0. The van der Waals surface area contributed by atoms with Gasteiger partial charge in [-0.2, -0.15) is 0 Å². The van der Waals surface area contributed by atoms with E-state index in [9.17, 15) is 4.79 Å². The predicted molar refractivity (Wildman–Crippen MR) is 88.7 cm³/mol. The van der Waals surface area contributed by atoms with Gasteiger partial charge in [-0.3, -0.25) is 4.79 Å². The molecule has 108 valence electrons. The molecule has 1 aromatic heterocycles. The number of carbonyl (C=O) groups is 1. The number of benzene rings is 1. The summed E-state index contributed by atoms with van der Waals surface area (Å²) in [7, 11) is 1.33. The van der Waals surface area contributed by atoms with Gasteiger partial charge in [0.25, 0.3) is 0 Å². The van der Waals surface area contributed by atoms with Gasteiger partial charge in [0.15, 0.2) is 5.13 Å². The van der Waals surface area contributed by atoms with E-state index < -0.39 is 0 Å². The summed E-state index contributed by atoms with van der Waals surface area (Å²) >= 11 is 2.18. The number of hydrogen-bond donors (Lipinski definition) is 2. The zero-order valence-corrected chi connectivity index (χ0v) is 14.1. The van der Waals surface area contributed by atoms with E-state index in [1.807, 2.05) is 12.1 Å². The molecule has 0 saturated carbocycles. The van der Waals surface area contributed by atoms with E-state index in [4.69, 9.17) is 4.55 Å². The van der Waals surface area contributed by atoms with Gasteiger partial charge in [0.05, 0.1) is 21.3 Å². The number of nitrogens with one attached hydrogen (secondary N) is 1. The Labute approximate surface area is 130 Å². The Balaban J connectivity index is 2.55. The van der Waals surface area contributed by atoms with Crippen molar-refractivity contribution in [3.05, 3.63) is 17.7 Å². The highest BCUT2D eigenvalue weighted by molar-refractivity contribution is 8.74. The number of rotatable bonds is 3. The molecule has 0 aliphatic carbocycles. The Morgan fingerprint density at radius 1 is 1.40 bits per heavy atom. The molecule has 4 nitrogen and oxygen atoms in total. The molecule has 0 saturated heterocycles. The Kier molecular flexibility index (Phi) is 4.63. The van der Waals surface area contributed by atoms with Crippen LogP contribution in [0.15, 0.2) is 17.0 Å². The molecule has 1 heterocycles. The Bertz CT molecular complexity index is 647. The number of amides is 1. The summed E-state index contributed by atoms with van der Waals surface area (Å²) in [5, 5.41) is 3.31. The van der Waals surface area contributed by atoms with Crippen LogP contribution in [-0.2, 0) is 10.2 Å². The van der Waals surface area contributed by atoms with Crippen LogP contribution in [-0.4, -0.2) is 15.4 Å². The van der Waals surface area contributed by atoms with Gasteiger partial charge in [0.2, 0.25) is 5.91 Å². The summed E-state index contributed by atoms with van der Waals surface area (Å²) in [5.41, 5.74) is 1.97. The standard InChI is InChI=1S/C13H16N2O2S3/c1-7(16)14-12-15-9-5-8(13(2,3)4)10(19-20-17)6-11(9)18-12/h5-6,17H,1-4H3,(H,14,15,16). The van der Waals surface area contributed by atoms with Gasteiger partial charge >= 0.3 is 0 Å². The average Bonchev–Trinajstić information content (AvgIpc) is 2.67. The van der Waals surface area contributed by atoms with E-state index in [1.165, 1.54) is 29.1 Å². The topological polar surface area (TPSA) is 62.2 Å². The number of carbonyl (C=O) groups excluding carboxylic acids is 1. The third-order valence-corrected chi connectivity index (χ3v) is 5.00. The normalized spacial score (nSPS) is 11.8. The van der Waals surface area contributed by atoms with Crippen LogP contribution in [0.2, 0.25) is 0 Å². The molecule has 20 heavy (non-hydrogen) atoms. The minimum absolute atomic E-state index is 0.0377. The third kappa shape index (κ3) is 3.46. The van der Waals surface area contributed by atoms with Crippen LogP contribution in [0.5, 0.6) is 0 Å². The number of fused-ring (bicyclic) bond motifs is 1. The third-order valence-electron chi connectivity index (χ3n) is 2.71. The van der Waals surface area contributed by atoms with E-state index >= 15 is 0 Å². The lowest BCUT2D eigenvalue weighted by atomic mass is 9.87. The molecule has 7 heteroatoms. The van der Waals surface area contributed by atoms with E-state index in [0.717, 1.165) is 31.8 Å². The number of anilines is 1. The molecule has 0 spiro atoms. The lowest BCUT2D eigenvalue weighted by molar-refractivity contribution is -0.114. The SMILES string of the molecule is CC(=O)Nc1nc2cc(C(C)(C)C)c(SSO)cc2s1. The fourth-order valence-electron chi connectivity index (χ4n) is 1.85. The highest BCUT2D eigenvalue weighted by atomic mass is 33.1. The molecule has 0 aliphatic rings. The van der Waals surface area contributed by atoms with Crippen molar-refractivity contribution in [2.45, 2.75) is 38.0 Å². The molecule has 0 fully saturated rings. The summed E-state index contributed by atoms with van der Waals surface area (Å²) in [4.78, 5) is 16.6. The maximum atomic E-state index is 11.1. The lowest BCUT2D eigenvalue weighted by Crippen LogP contribution is -2.12. The van der Waals surface area contributed by atoms with Gasteiger partial charge < -0.3 is 9.87 Å². The van der Waals surface area contributed by atoms with Gasteiger partial charge in [-0.1, -0.05) is 32.1 Å². The summed E-state index contributed by atoms with van der Waals surface area (Å²) in [6, 6.07) is 4.06. The molecule has 0 bridgehead atoms. The second-order valence-corrected chi connectivity index (χ2v) is 8.16. The summed E-state index contributed by atoms with van der Waals surface area (Å²) in [5.74, 6) is -0.124. The van der Waals surface area contributed by atoms with Crippen LogP contribution in [0.25, 0.3) is 10.2 Å². The first-order chi connectivity index (χ1) is 9.31. The van der Waals surface area contributed by atoms with Crippen LogP contribution < -0.4 is 5.32 Å². The first-order valence-corrected chi connectivity index (χ1v) is 8.94. The smallest absolute Gasteiger partial charge is 0.223 e. The Hall–Kier alpha value is -0.760. The van der Waals surface area contributed by atoms with Crippen molar-refractivity contribution in [2.24, 2.45) is 0 Å². The number of thiazole rings is 1. The van der Waals surface area contributed by atoms with Crippen LogP contribution in [0.3, 0.4) is 0 Å². The Morgan fingerprint density at radius 2 is 2.10 bits per heavy atom. The lowest BCUT2D eigenvalue weighted by Gasteiger charge is -2.21. The monoisotopic (exact) mass is 328 g/mol. The number of nitrogens with zero attached hydrogens (tertiary/aromatic N) is 1. The fourth-order valence-corrected chi connectivity index (χ4v) is 4.22. The molecule has 0 aliphatic heterocycles. The molecule has 1 aromatic carbocycles. The number of hydrogen-bond acceptors (Lipinski definition) is 6. The molecular formula is C13H16N2O2S3. The zero-order chi connectivity index (χ0) is 14.9. The van der Waals surface area contributed by atoms with Gasteiger partial charge in [0, 0.05) is 11.8 Å². The van der Waals surface area contributed by atoms with E-state index in [-0.39, 0.29) is 11.3 Å². The highest BCUT2D eigenvalue weighted by Crippen LogP contribution is 2.41. The van der Waals surface area contributed by atoms with Crippen LogP contribution in [0.1, 0.15) is 33.3 Å². The van der Waals surface area contributed by atoms with Gasteiger partial charge in [0.1, 0.15) is 0 Å². The van der Waals surface area contributed by atoms with Crippen molar-refractivity contribution >= 4 is 54.5 Å². The maximum absolute atomic E-state index is 11.1. The minimum atomic E-state index is -0.124. The van der Waals surface area contributed by atoms with E-state index in [0.29, 0.717) is 5.13 Å².